The second-order valence-electron chi connectivity index (χ2n) is 7.88. The van der Waals surface area contributed by atoms with Gasteiger partial charge in [-0.1, -0.05) is 56.2 Å². The van der Waals surface area contributed by atoms with Crippen LogP contribution in [0.2, 0.25) is 0 Å². The minimum absolute atomic E-state index is 0.0257. The molecule has 0 bridgehead atoms. The van der Waals surface area contributed by atoms with Crippen LogP contribution in [0.5, 0.6) is 0 Å². The van der Waals surface area contributed by atoms with Crippen LogP contribution in [0.4, 0.5) is 22.0 Å². The average molecular weight is 440 g/mol. The van der Waals surface area contributed by atoms with E-state index < -0.39 is 34.6 Å². The third-order valence-corrected chi connectivity index (χ3v) is 5.65. The Morgan fingerprint density at radius 2 is 1.34 bits per heavy atom. The topological polar surface area (TPSA) is 0 Å². The Balaban J connectivity index is 1.73. The zero-order valence-electron chi connectivity index (χ0n) is 17.5. The molecule has 0 aliphatic heterocycles. The van der Waals surface area contributed by atoms with Crippen molar-refractivity contribution in [2.75, 3.05) is 0 Å². The molecule has 164 valence electrons. The molecule has 0 amide bonds. The molecule has 0 aromatic heterocycles. The highest BCUT2D eigenvalue weighted by atomic mass is 19.2. The van der Waals surface area contributed by atoms with Gasteiger partial charge in [-0.25, -0.2) is 22.0 Å². The number of hydrogen-bond acceptors (Lipinski definition) is 0. The molecule has 4 aromatic rings. The van der Waals surface area contributed by atoms with Crippen molar-refractivity contribution in [2.24, 2.45) is 0 Å². The molecule has 0 spiro atoms. The number of benzene rings is 4. The fraction of sp³-hybridized carbons (Fsp3) is 0.185. The van der Waals surface area contributed by atoms with Crippen molar-refractivity contribution < 1.29 is 22.0 Å². The third-order valence-electron chi connectivity index (χ3n) is 5.65. The molecular formula is C27H21F5. The first-order valence-electron chi connectivity index (χ1n) is 10.5. The minimum Gasteiger partial charge on any atom is -0.206 e. The number of rotatable bonds is 6. The van der Waals surface area contributed by atoms with E-state index in [1.807, 2.05) is 12.1 Å². The second-order valence-corrected chi connectivity index (χ2v) is 7.88. The van der Waals surface area contributed by atoms with Gasteiger partial charge in [0.1, 0.15) is 17.5 Å². The van der Waals surface area contributed by atoms with Crippen molar-refractivity contribution in [3.63, 3.8) is 0 Å². The molecule has 0 heterocycles. The average Bonchev–Trinajstić information content (AvgIpc) is 2.76. The number of aryl methyl sites for hydroxylation is 1. The number of unbranched alkanes of at least 4 members (excludes halogenated alkanes) is 2. The molecule has 0 unspecified atom stereocenters. The van der Waals surface area contributed by atoms with Gasteiger partial charge in [0.05, 0.1) is 5.56 Å². The first kappa shape index (κ1) is 22.0. The van der Waals surface area contributed by atoms with Crippen LogP contribution in [0, 0.1) is 29.1 Å². The molecule has 0 nitrogen and oxygen atoms in total. The Bertz CT molecular complexity index is 1270. The van der Waals surface area contributed by atoms with E-state index in [0.29, 0.717) is 5.39 Å². The van der Waals surface area contributed by atoms with Crippen molar-refractivity contribution in [1.82, 2.24) is 0 Å². The molecule has 0 radical (unpaired) electrons. The Labute approximate surface area is 183 Å². The predicted octanol–water partition coefficient (Wildman–Crippen LogP) is 8.60. The van der Waals surface area contributed by atoms with Crippen molar-refractivity contribution >= 4 is 10.8 Å². The second kappa shape index (κ2) is 9.11. The Kier molecular flexibility index (Phi) is 6.26. The Hall–Kier alpha value is -3.21. The van der Waals surface area contributed by atoms with Crippen LogP contribution in [0.25, 0.3) is 33.0 Å². The lowest BCUT2D eigenvalue weighted by atomic mass is 9.95. The van der Waals surface area contributed by atoms with Gasteiger partial charge in [-0.15, -0.1) is 0 Å². The van der Waals surface area contributed by atoms with Gasteiger partial charge >= 0.3 is 0 Å². The third kappa shape index (κ3) is 4.24. The maximum atomic E-state index is 15.2. The van der Waals surface area contributed by atoms with E-state index >= 15 is 4.39 Å². The quantitative estimate of drug-likeness (QED) is 0.208. The van der Waals surface area contributed by atoms with Crippen LogP contribution in [-0.4, -0.2) is 0 Å². The van der Waals surface area contributed by atoms with Gasteiger partial charge in [-0.3, -0.25) is 0 Å². The molecule has 4 aromatic carbocycles. The summed E-state index contributed by atoms with van der Waals surface area (Å²) >= 11 is 0. The number of halogens is 5. The van der Waals surface area contributed by atoms with Gasteiger partial charge < -0.3 is 0 Å². The standard InChI is InChI=1S/C27H21F5/c1-2-3-4-5-16-6-9-20-17(12-16)7-10-21(27(20)32)19-14-24(30)26(25(31)15-19)18-8-11-22(28)23(29)13-18/h6-15H,2-5H2,1H3. The van der Waals surface area contributed by atoms with Gasteiger partial charge in [0, 0.05) is 10.9 Å². The highest BCUT2D eigenvalue weighted by molar-refractivity contribution is 5.89. The van der Waals surface area contributed by atoms with Crippen molar-refractivity contribution in [2.45, 2.75) is 32.6 Å². The van der Waals surface area contributed by atoms with Crippen LogP contribution in [0.1, 0.15) is 31.7 Å². The molecule has 5 heteroatoms. The monoisotopic (exact) mass is 440 g/mol. The summed E-state index contributed by atoms with van der Waals surface area (Å²) in [6.07, 6.45) is 4.22. The van der Waals surface area contributed by atoms with Crippen molar-refractivity contribution in [3.05, 3.63) is 95.3 Å². The van der Waals surface area contributed by atoms with Gasteiger partial charge in [0.2, 0.25) is 0 Å². The van der Waals surface area contributed by atoms with E-state index in [4.69, 9.17) is 0 Å². The van der Waals surface area contributed by atoms with E-state index in [0.717, 1.165) is 67.0 Å². The molecule has 0 saturated heterocycles. The maximum Gasteiger partial charge on any atom is 0.159 e. The van der Waals surface area contributed by atoms with E-state index in [1.165, 1.54) is 6.07 Å². The fourth-order valence-corrected chi connectivity index (χ4v) is 3.95. The summed E-state index contributed by atoms with van der Waals surface area (Å²) in [5.41, 5.74) is 0.570. The summed E-state index contributed by atoms with van der Waals surface area (Å²) in [5, 5.41) is 1.09. The number of fused-ring (bicyclic) bond motifs is 1. The van der Waals surface area contributed by atoms with Crippen molar-refractivity contribution in [1.29, 1.82) is 0 Å². The van der Waals surface area contributed by atoms with E-state index in [2.05, 4.69) is 6.92 Å². The predicted molar refractivity (Wildman–Crippen MR) is 118 cm³/mol. The molecule has 0 aliphatic rings. The molecular weight excluding hydrogens is 419 g/mol. The lowest BCUT2D eigenvalue weighted by Crippen LogP contribution is -1.96. The smallest absolute Gasteiger partial charge is 0.159 e. The summed E-state index contributed by atoms with van der Waals surface area (Å²) < 4.78 is 71.5. The summed E-state index contributed by atoms with van der Waals surface area (Å²) in [6, 6.07) is 13.4. The fourth-order valence-electron chi connectivity index (χ4n) is 3.95. The first-order valence-corrected chi connectivity index (χ1v) is 10.5. The number of hydrogen-bond donors (Lipinski definition) is 0. The molecule has 4 rings (SSSR count). The van der Waals surface area contributed by atoms with Crippen molar-refractivity contribution in [3.8, 4) is 22.3 Å². The zero-order valence-corrected chi connectivity index (χ0v) is 17.5. The van der Waals surface area contributed by atoms with Gasteiger partial charge in [0.15, 0.2) is 11.6 Å². The minimum atomic E-state index is -1.21. The highest BCUT2D eigenvalue weighted by Gasteiger charge is 2.18. The van der Waals surface area contributed by atoms with E-state index in [1.54, 1.807) is 12.1 Å². The van der Waals surface area contributed by atoms with Gasteiger partial charge in [-0.2, -0.15) is 0 Å². The highest BCUT2D eigenvalue weighted by Crippen LogP contribution is 2.35. The summed E-state index contributed by atoms with van der Waals surface area (Å²) in [4.78, 5) is 0. The summed E-state index contributed by atoms with van der Waals surface area (Å²) in [7, 11) is 0. The maximum absolute atomic E-state index is 15.2. The van der Waals surface area contributed by atoms with Crippen LogP contribution in [0.3, 0.4) is 0 Å². The molecule has 0 atom stereocenters. The van der Waals surface area contributed by atoms with E-state index in [-0.39, 0.29) is 16.7 Å². The van der Waals surface area contributed by atoms with Crippen LogP contribution >= 0.6 is 0 Å². The Morgan fingerprint density at radius 3 is 2.03 bits per heavy atom. The Morgan fingerprint density at radius 1 is 0.625 bits per heavy atom. The summed E-state index contributed by atoms with van der Waals surface area (Å²) in [5.74, 6) is -4.87. The lowest BCUT2D eigenvalue weighted by Gasteiger charge is -2.12. The summed E-state index contributed by atoms with van der Waals surface area (Å²) in [6.45, 7) is 2.13. The normalized spacial score (nSPS) is 11.3. The molecule has 0 aliphatic carbocycles. The molecule has 0 fully saturated rings. The van der Waals surface area contributed by atoms with Gasteiger partial charge in [0.25, 0.3) is 0 Å². The van der Waals surface area contributed by atoms with Gasteiger partial charge in [-0.05, 0) is 59.2 Å². The lowest BCUT2D eigenvalue weighted by molar-refractivity contribution is 0.508. The van der Waals surface area contributed by atoms with Crippen LogP contribution in [0.15, 0.2) is 60.7 Å². The van der Waals surface area contributed by atoms with Crippen LogP contribution < -0.4 is 0 Å². The molecule has 0 N–H and O–H groups in total. The molecule has 32 heavy (non-hydrogen) atoms. The van der Waals surface area contributed by atoms with Crippen LogP contribution in [-0.2, 0) is 6.42 Å². The zero-order chi connectivity index (χ0) is 22.8. The largest absolute Gasteiger partial charge is 0.206 e. The SMILES string of the molecule is CCCCCc1ccc2c(F)c(-c3cc(F)c(-c4ccc(F)c(F)c4)c(F)c3)ccc2c1. The first-order chi connectivity index (χ1) is 15.4. The van der Waals surface area contributed by atoms with E-state index in [9.17, 15) is 17.6 Å². The molecule has 0 saturated carbocycles.